The minimum absolute atomic E-state index is 0.164. The quantitative estimate of drug-likeness (QED) is 0.563. The molecule has 0 spiro atoms. The van der Waals surface area contributed by atoms with Crippen molar-refractivity contribution in [1.29, 1.82) is 0 Å². The lowest BCUT2D eigenvalue weighted by atomic mass is 10.1. The average molecular weight is 373 g/mol. The number of H-pyrrole nitrogens is 1. The molecule has 2 aromatic heterocycles. The van der Waals surface area contributed by atoms with Gasteiger partial charge in [0.05, 0.1) is 18.4 Å². The molecule has 28 heavy (non-hydrogen) atoms. The maximum Gasteiger partial charge on any atom is 0.262 e. The van der Waals surface area contributed by atoms with Gasteiger partial charge in [0.15, 0.2) is 5.65 Å². The lowest BCUT2D eigenvalue weighted by Crippen LogP contribution is -2.22. The van der Waals surface area contributed by atoms with Gasteiger partial charge in [-0.3, -0.25) is 9.69 Å². The van der Waals surface area contributed by atoms with Crippen LogP contribution in [0.1, 0.15) is 23.9 Å². The zero-order chi connectivity index (χ0) is 19.5. The largest absolute Gasteiger partial charge is 0.309 e. The first-order valence-electron chi connectivity index (χ1n) is 9.42. The Balaban J connectivity index is 1.59. The van der Waals surface area contributed by atoms with Crippen LogP contribution >= 0.6 is 0 Å². The number of hydrogen-bond acceptors (Lipinski definition) is 4. The molecule has 0 fully saturated rings. The number of benzene rings is 2. The summed E-state index contributed by atoms with van der Waals surface area (Å²) >= 11 is 0. The van der Waals surface area contributed by atoms with Crippen LogP contribution in [0.2, 0.25) is 0 Å². The topological polar surface area (TPSA) is 66.8 Å². The number of fused-ring (bicyclic) bond motifs is 1. The van der Waals surface area contributed by atoms with Gasteiger partial charge < -0.3 is 4.98 Å². The molecule has 6 nitrogen and oxygen atoms in total. The van der Waals surface area contributed by atoms with E-state index in [0.717, 1.165) is 18.7 Å². The number of nitrogens with one attached hydrogen (secondary N) is 1. The minimum atomic E-state index is -0.164. The van der Waals surface area contributed by atoms with E-state index < -0.39 is 0 Å². The lowest BCUT2D eigenvalue weighted by molar-refractivity contribution is 0.310. The van der Waals surface area contributed by atoms with E-state index in [2.05, 4.69) is 51.2 Å². The van der Waals surface area contributed by atoms with Crippen LogP contribution in [-0.2, 0) is 19.5 Å². The first-order valence-corrected chi connectivity index (χ1v) is 9.42. The summed E-state index contributed by atoms with van der Waals surface area (Å²) in [7, 11) is 2.02. The molecule has 0 amide bonds. The molecule has 2 heterocycles. The fourth-order valence-corrected chi connectivity index (χ4v) is 3.30. The molecule has 4 rings (SSSR count). The second kappa shape index (κ2) is 7.78. The van der Waals surface area contributed by atoms with Crippen molar-refractivity contribution >= 4 is 11.0 Å². The van der Waals surface area contributed by atoms with E-state index in [4.69, 9.17) is 0 Å². The Bertz CT molecular complexity index is 1130. The number of para-hydroxylation sites is 1. The van der Waals surface area contributed by atoms with E-state index in [-0.39, 0.29) is 5.56 Å². The van der Waals surface area contributed by atoms with E-state index in [1.54, 1.807) is 10.9 Å². The van der Waals surface area contributed by atoms with Gasteiger partial charge in [0.1, 0.15) is 11.2 Å². The molecule has 0 saturated carbocycles. The number of aromatic nitrogens is 4. The van der Waals surface area contributed by atoms with Crippen LogP contribution in [0.5, 0.6) is 0 Å². The van der Waals surface area contributed by atoms with Crippen LogP contribution in [0.25, 0.3) is 16.7 Å². The molecule has 0 aliphatic rings. The molecule has 0 radical (unpaired) electrons. The first-order chi connectivity index (χ1) is 13.6. The molecule has 6 heteroatoms. The Kier molecular flexibility index (Phi) is 5.04. The average Bonchev–Trinajstić information content (AvgIpc) is 3.13. The second-order valence-corrected chi connectivity index (χ2v) is 6.98. The fraction of sp³-hybridized carbons (Fsp3) is 0.227. The Morgan fingerprint density at radius 1 is 1.00 bits per heavy atom. The minimum Gasteiger partial charge on any atom is -0.309 e. The maximum absolute atomic E-state index is 12.5. The zero-order valence-electron chi connectivity index (χ0n) is 16.1. The SMILES string of the molecule is CCc1ccc(CN(C)Cc2nc3c(cnn3-c3ccccc3)c(=O)[nH]2)cc1. The summed E-state index contributed by atoms with van der Waals surface area (Å²) in [5.74, 6) is 0.628. The van der Waals surface area contributed by atoms with Crippen molar-refractivity contribution in [2.75, 3.05) is 7.05 Å². The van der Waals surface area contributed by atoms with Gasteiger partial charge in [0.2, 0.25) is 0 Å². The standard InChI is InChI=1S/C22H23N5O/c1-3-16-9-11-17(12-10-16)14-26(2)15-20-24-21-19(22(28)25-20)13-23-27(21)18-7-5-4-6-8-18/h4-13H,3,14-15H2,1-2H3,(H,24,25,28). The van der Waals surface area contributed by atoms with Crippen molar-refractivity contribution in [3.63, 3.8) is 0 Å². The third-order valence-corrected chi connectivity index (χ3v) is 4.79. The molecule has 0 saturated heterocycles. The molecule has 1 N–H and O–H groups in total. The number of aromatic amines is 1. The summed E-state index contributed by atoms with van der Waals surface area (Å²) in [5, 5.41) is 4.84. The highest BCUT2D eigenvalue weighted by Gasteiger charge is 2.12. The van der Waals surface area contributed by atoms with E-state index >= 15 is 0 Å². The normalized spacial score (nSPS) is 11.4. The summed E-state index contributed by atoms with van der Waals surface area (Å²) in [6.45, 7) is 3.48. The van der Waals surface area contributed by atoms with Crippen molar-refractivity contribution in [3.05, 3.63) is 88.1 Å². The number of aryl methyl sites for hydroxylation is 1. The van der Waals surface area contributed by atoms with Crippen LogP contribution in [-0.4, -0.2) is 31.7 Å². The fourth-order valence-electron chi connectivity index (χ4n) is 3.30. The van der Waals surface area contributed by atoms with Gasteiger partial charge in [-0.05, 0) is 36.7 Å². The summed E-state index contributed by atoms with van der Waals surface area (Å²) in [6, 6.07) is 18.3. The summed E-state index contributed by atoms with van der Waals surface area (Å²) < 4.78 is 1.71. The van der Waals surface area contributed by atoms with Crippen molar-refractivity contribution in [2.24, 2.45) is 0 Å². The van der Waals surface area contributed by atoms with Gasteiger partial charge >= 0.3 is 0 Å². The molecule has 0 aliphatic heterocycles. The van der Waals surface area contributed by atoms with Gasteiger partial charge in [-0.1, -0.05) is 49.4 Å². The molecule has 0 aliphatic carbocycles. The Labute approximate surface area is 163 Å². The van der Waals surface area contributed by atoms with Gasteiger partial charge in [-0.2, -0.15) is 5.10 Å². The molecular formula is C22H23N5O. The van der Waals surface area contributed by atoms with E-state index in [9.17, 15) is 4.79 Å². The molecular weight excluding hydrogens is 350 g/mol. The van der Waals surface area contributed by atoms with Crippen LogP contribution in [0.15, 0.2) is 65.6 Å². The smallest absolute Gasteiger partial charge is 0.262 e. The van der Waals surface area contributed by atoms with Crippen molar-refractivity contribution in [3.8, 4) is 5.69 Å². The van der Waals surface area contributed by atoms with Crippen LogP contribution < -0.4 is 5.56 Å². The van der Waals surface area contributed by atoms with Gasteiger partial charge in [0.25, 0.3) is 5.56 Å². The number of nitrogens with zero attached hydrogens (tertiary/aromatic N) is 4. The summed E-state index contributed by atoms with van der Waals surface area (Å²) in [4.78, 5) is 22.2. The second-order valence-electron chi connectivity index (χ2n) is 6.98. The molecule has 0 bridgehead atoms. The number of hydrogen-bond donors (Lipinski definition) is 1. The highest BCUT2D eigenvalue weighted by molar-refractivity contribution is 5.75. The molecule has 0 atom stereocenters. The van der Waals surface area contributed by atoms with Gasteiger partial charge in [-0.15, -0.1) is 0 Å². The van der Waals surface area contributed by atoms with Crippen molar-refractivity contribution in [2.45, 2.75) is 26.4 Å². The summed E-state index contributed by atoms with van der Waals surface area (Å²) in [6.07, 6.45) is 2.60. The third kappa shape index (κ3) is 3.73. The van der Waals surface area contributed by atoms with E-state index in [1.165, 1.54) is 11.1 Å². The van der Waals surface area contributed by atoms with Crippen LogP contribution in [0.4, 0.5) is 0 Å². The van der Waals surface area contributed by atoms with Crippen LogP contribution in [0.3, 0.4) is 0 Å². The Morgan fingerprint density at radius 3 is 2.43 bits per heavy atom. The predicted molar refractivity (Wildman–Crippen MR) is 110 cm³/mol. The lowest BCUT2D eigenvalue weighted by Gasteiger charge is -2.16. The highest BCUT2D eigenvalue weighted by atomic mass is 16.1. The van der Waals surface area contributed by atoms with E-state index in [0.29, 0.717) is 23.4 Å². The Hall–Kier alpha value is -3.25. The maximum atomic E-state index is 12.5. The summed E-state index contributed by atoms with van der Waals surface area (Å²) in [5.41, 5.74) is 3.86. The van der Waals surface area contributed by atoms with E-state index in [1.807, 2.05) is 37.4 Å². The zero-order valence-corrected chi connectivity index (χ0v) is 16.1. The van der Waals surface area contributed by atoms with Gasteiger partial charge in [-0.25, -0.2) is 9.67 Å². The molecule has 4 aromatic rings. The molecule has 0 unspecified atom stereocenters. The van der Waals surface area contributed by atoms with Crippen LogP contribution in [0, 0.1) is 0 Å². The monoisotopic (exact) mass is 373 g/mol. The van der Waals surface area contributed by atoms with Gasteiger partial charge in [0, 0.05) is 6.54 Å². The third-order valence-electron chi connectivity index (χ3n) is 4.79. The predicted octanol–water partition coefficient (Wildman–Crippen LogP) is 3.30. The highest BCUT2D eigenvalue weighted by Crippen LogP contribution is 2.14. The first kappa shape index (κ1) is 18.1. The molecule has 2 aromatic carbocycles. The Morgan fingerprint density at radius 2 is 1.71 bits per heavy atom. The van der Waals surface area contributed by atoms with Crippen molar-refractivity contribution < 1.29 is 0 Å². The molecule has 142 valence electrons. The number of rotatable bonds is 6. The van der Waals surface area contributed by atoms with Crippen molar-refractivity contribution in [1.82, 2.24) is 24.6 Å².